The van der Waals surface area contributed by atoms with Gasteiger partial charge in [-0.25, -0.2) is 13.4 Å². The predicted octanol–water partition coefficient (Wildman–Crippen LogP) is 2.92. The Kier molecular flexibility index (Phi) is 13.1. The monoisotopic (exact) mass is 524 g/mol. The summed E-state index contributed by atoms with van der Waals surface area (Å²) in [6.45, 7) is 7.08. The number of anilines is 1. The van der Waals surface area contributed by atoms with Crippen LogP contribution in [0.1, 0.15) is 45.6 Å². The first-order chi connectivity index (χ1) is 12.7. The molecule has 160 valence electrons. The number of nitrogens with one attached hydrogen (secondary N) is 3. The summed E-state index contributed by atoms with van der Waals surface area (Å²) in [7, 11) is -2.97. The summed E-state index contributed by atoms with van der Waals surface area (Å²) < 4.78 is 22.6. The molecule has 1 aromatic carbocycles. The molecule has 1 amide bonds. The third kappa shape index (κ3) is 12.2. The second-order valence-corrected chi connectivity index (χ2v) is 8.91. The molecule has 0 saturated carbocycles. The van der Waals surface area contributed by atoms with E-state index in [1.807, 2.05) is 45.0 Å². The Hall–Kier alpha value is -1.36. The van der Waals surface area contributed by atoms with E-state index in [0.29, 0.717) is 31.9 Å². The number of halogens is 1. The van der Waals surface area contributed by atoms with Crippen LogP contribution in [0.25, 0.3) is 0 Å². The van der Waals surface area contributed by atoms with E-state index in [1.54, 1.807) is 0 Å². The molecule has 1 rings (SSSR count). The zero-order valence-corrected chi connectivity index (χ0v) is 20.3. The van der Waals surface area contributed by atoms with Crippen molar-refractivity contribution in [1.29, 1.82) is 0 Å². The van der Waals surface area contributed by atoms with Crippen LogP contribution in [-0.2, 0) is 21.2 Å². The number of sulfone groups is 1. The number of nitrogens with zero attached hydrogens (tertiary/aromatic N) is 1. The van der Waals surface area contributed by atoms with E-state index in [-0.39, 0.29) is 41.7 Å². The maximum atomic E-state index is 11.6. The SMILES string of the molecule is CCCC(=O)Nc1ccc(CN=C(NCC)NC(C)CCS(C)(=O)=O)cc1.I. The average Bonchev–Trinajstić information content (AvgIpc) is 2.59. The fraction of sp³-hybridized carbons (Fsp3) is 0.579. The number of rotatable bonds is 10. The van der Waals surface area contributed by atoms with Gasteiger partial charge in [0.15, 0.2) is 5.96 Å². The van der Waals surface area contributed by atoms with Gasteiger partial charge in [0.1, 0.15) is 9.84 Å². The number of hydrogen-bond donors (Lipinski definition) is 3. The maximum Gasteiger partial charge on any atom is 0.224 e. The smallest absolute Gasteiger partial charge is 0.224 e. The second kappa shape index (κ2) is 13.8. The Morgan fingerprint density at radius 2 is 1.82 bits per heavy atom. The Morgan fingerprint density at radius 1 is 1.18 bits per heavy atom. The highest BCUT2D eigenvalue weighted by Gasteiger charge is 2.09. The summed E-state index contributed by atoms with van der Waals surface area (Å²) in [5.41, 5.74) is 1.80. The van der Waals surface area contributed by atoms with E-state index in [2.05, 4.69) is 20.9 Å². The molecule has 7 nitrogen and oxygen atoms in total. The minimum absolute atomic E-state index is 0. The number of carbonyl (C=O) groups excluding carboxylic acids is 1. The van der Waals surface area contributed by atoms with E-state index in [1.165, 1.54) is 6.26 Å². The van der Waals surface area contributed by atoms with Gasteiger partial charge in [-0.2, -0.15) is 0 Å². The van der Waals surface area contributed by atoms with Gasteiger partial charge in [-0.3, -0.25) is 4.79 Å². The number of hydrogen-bond acceptors (Lipinski definition) is 4. The molecular formula is C19H33IN4O3S. The molecule has 1 unspecified atom stereocenters. The molecule has 3 N–H and O–H groups in total. The highest BCUT2D eigenvalue weighted by Crippen LogP contribution is 2.11. The number of aliphatic imine (C=N–C) groups is 1. The van der Waals surface area contributed by atoms with Gasteiger partial charge >= 0.3 is 0 Å². The molecule has 0 radical (unpaired) electrons. The Labute approximate surface area is 186 Å². The number of carbonyl (C=O) groups is 1. The van der Waals surface area contributed by atoms with Gasteiger partial charge < -0.3 is 16.0 Å². The van der Waals surface area contributed by atoms with Crippen LogP contribution in [0.15, 0.2) is 29.3 Å². The highest BCUT2D eigenvalue weighted by molar-refractivity contribution is 14.0. The van der Waals surface area contributed by atoms with Gasteiger partial charge in [0.2, 0.25) is 5.91 Å². The van der Waals surface area contributed by atoms with Gasteiger partial charge in [-0.05, 0) is 44.4 Å². The zero-order valence-electron chi connectivity index (χ0n) is 17.1. The standard InChI is InChI=1S/C19H32N4O3S.HI/c1-5-7-18(24)23-17-10-8-16(9-11-17)14-21-19(20-6-2)22-15(3)12-13-27(4,25)26;/h8-11,15H,5-7,12-14H2,1-4H3,(H,23,24)(H2,20,21,22);1H. The summed E-state index contributed by atoms with van der Waals surface area (Å²) in [6.07, 6.45) is 3.10. The lowest BCUT2D eigenvalue weighted by Crippen LogP contribution is -2.42. The van der Waals surface area contributed by atoms with Gasteiger partial charge in [-0.15, -0.1) is 24.0 Å². The maximum absolute atomic E-state index is 11.6. The predicted molar refractivity (Wildman–Crippen MR) is 127 cm³/mol. The summed E-state index contributed by atoms with van der Waals surface area (Å²) in [4.78, 5) is 16.2. The first kappa shape index (κ1) is 26.6. The summed E-state index contributed by atoms with van der Waals surface area (Å²) >= 11 is 0. The second-order valence-electron chi connectivity index (χ2n) is 6.65. The van der Waals surface area contributed by atoms with E-state index in [0.717, 1.165) is 17.7 Å². The lowest BCUT2D eigenvalue weighted by atomic mass is 10.2. The molecule has 0 fully saturated rings. The van der Waals surface area contributed by atoms with Gasteiger partial charge in [0.05, 0.1) is 12.3 Å². The van der Waals surface area contributed by atoms with Crippen molar-refractivity contribution in [3.63, 3.8) is 0 Å². The summed E-state index contributed by atoms with van der Waals surface area (Å²) in [5, 5.41) is 9.25. The van der Waals surface area contributed by atoms with Gasteiger partial charge in [-0.1, -0.05) is 19.1 Å². The molecule has 28 heavy (non-hydrogen) atoms. The third-order valence-corrected chi connectivity index (χ3v) is 4.76. The molecule has 0 aliphatic rings. The van der Waals surface area contributed by atoms with Crippen molar-refractivity contribution >= 4 is 51.4 Å². The molecule has 9 heteroatoms. The van der Waals surface area contributed by atoms with Crippen LogP contribution in [0.4, 0.5) is 5.69 Å². The van der Waals surface area contributed by atoms with E-state index in [4.69, 9.17) is 0 Å². The van der Waals surface area contributed by atoms with Crippen molar-refractivity contribution in [2.45, 2.75) is 52.6 Å². The van der Waals surface area contributed by atoms with Crippen LogP contribution in [0, 0.1) is 0 Å². The van der Waals surface area contributed by atoms with Gasteiger partial charge in [0.25, 0.3) is 0 Å². The topological polar surface area (TPSA) is 99.7 Å². The Bertz CT molecular complexity index is 721. The van der Waals surface area contributed by atoms with E-state index in [9.17, 15) is 13.2 Å². The fourth-order valence-corrected chi connectivity index (χ4v) is 3.11. The van der Waals surface area contributed by atoms with E-state index >= 15 is 0 Å². The number of benzene rings is 1. The largest absolute Gasteiger partial charge is 0.357 e. The van der Waals surface area contributed by atoms with Gasteiger partial charge in [0, 0.05) is 31.0 Å². The molecule has 0 spiro atoms. The molecule has 1 atom stereocenters. The summed E-state index contributed by atoms with van der Waals surface area (Å²) in [5.74, 6) is 0.815. The third-order valence-electron chi connectivity index (χ3n) is 3.78. The van der Waals surface area contributed by atoms with Crippen molar-refractivity contribution in [2.75, 3.05) is 23.9 Å². The normalized spacial score (nSPS) is 12.6. The van der Waals surface area contributed by atoms with Crippen LogP contribution >= 0.6 is 24.0 Å². The molecule has 0 saturated heterocycles. The van der Waals surface area contributed by atoms with Crippen LogP contribution < -0.4 is 16.0 Å². The van der Waals surface area contributed by atoms with Crippen molar-refractivity contribution in [1.82, 2.24) is 10.6 Å². The highest BCUT2D eigenvalue weighted by atomic mass is 127. The number of guanidine groups is 1. The quantitative estimate of drug-likeness (QED) is 0.248. The lowest BCUT2D eigenvalue weighted by Gasteiger charge is -2.17. The molecular weight excluding hydrogens is 491 g/mol. The van der Waals surface area contributed by atoms with Crippen molar-refractivity contribution in [3.05, 3.63) is 29.8 Å². The van der Waals surface area contributed by atoms with Crippen LogP contribution in [0.3, 0.4) is 0 Å². The molecule has 1 aromatic rings. The first-order valence-electron chi connectivity index (χ1n) is 9.34. The molecule has 0 aromatic heterocycles. The Morgan fingerprint density at radius 3 is 2.36 bits per heavy atom. The zero-order chi connectivity index (χ0) is 20.3. The molecule has 0 heterocycles. The lowest BCUT2D eigenvalue weighted by molar-refractivity contribution is -0.116. The fourth-order valence-electron chi connectivity index (χ4n) is 2.33. The Balaban J connectivity index is 0.00000729. The molecule has 0 aliphatic heterocycles. The van der Waals surface area contributed by atoms with Crippen molar-refractivity contribution in [3.8, 4) is 0 Å². The van der Waals surface area contributed by atoms with E-state index < -0.39 is 9.84 Å². The minimum Gasteiger partial charge on any atom is -0.357 e. The van der Waals surface area contributed by atoms with Crippen LogP contribution in [-0.4, -0.2) is 44.9 Å². The van der Waals surface area contributed by atoms with Crippen LogP contribution in [0.5, 0.6) is 0 Å². The van der Waals surface area contributed by atoms with Crippen molar-refractivity contribution < 1.29 is 13.2 Å². The molecule has 0 aliphatic carbocycles. The number of amides is 1. The molecule has 0 bridgehead atoms. The van der Waals surface area contributed by atoms with Crippen LogP contribution in [0.2, 0.25) is 0 Å². The first-order valence-corrected chi connectivity index (χ1v) is 11.4. The minimum atomic E-state index is -2.97. The van der Waals surface area contributed by atoms with Crippen molar-refractivity contribution in [2.24, 2.45) is 4.99 Å². The average molecular weight is 524 g/mol. The summed E-state index contributed by atoms with van der Waals surface area (Å²) in [6, 6.07) is 7.60.